The molecular weight excluding hydrogens is 338 g/mol. The zero-order valence-corrected chi connectivity index (χ0v) is 12.2. The van der Waals surface area contributed by atoms with E-state index in [9.17, 15) is 26.3 Å². The number of ether oxygens (including phenoxy) is 1. The topological polar surface area (TPSA) is 61.3 Å². The lowest BCUT2D eigenvalue weighted by Crippen LogP contribution is -2.54. The van der Waals surface area contributed by atoms with Crippen LogP contribution in [0.3, 0.4) is 0 Å². The number of allylic oxidation sites excluding steroid dienone is 1. The van der Waals surface area contributed by atoms with Crippen molar-refractivity contribution in [2.45, 2.75) is 30.0 Å². The fourth-order valence-corrected chi connectivity index (χ4v) is 2.03. The summed E-state index contributed by atoms with van der Waals surface area (Å²) in [5.41, 5.74) is 8.79. The zero-order valence-electron chi connectivity index (χ0n) is 12.2. The van der Waals surface area contributed by atoms with Crippen LogP contribution in [0.4, 0.5) is 26.3 Å². The van der Waals surface area contributed by atoms with E-state index in [1.807, 2.05) is 0 Å². The van der Waals surface area contributed by atoms with E-state index in [0.717, 1.165) is 42.5 Å². The minimum absolute atomic E-state index is 0.124. The molecule has 0 aromatic heterocycles. The Hall–Kier alpha value is -2.00. The molecule has 1 aromatic rings. The normalized spacial score (nSPS) is 20.2. The summed E-state index contributed by atoms with van der Waals surface area (Å²) >= 11 is 0. The molecule has 24 heavy (non-hydrogen) atoms. The van der Waals surface area contributed by atoms with Gasteiger partial charge in [-0.15, -0.1) is 0 Å². The molecule has 3 nitrogen and oxygen atoms in total. The van der Waals surface area contributed by atoms with E-state index in [1.165, 1.54) is 6.07 Å². The van der Waals surface area contributed by atoms with E-state index in [0.29, 0.717) is 0 Å². The molecule has 0 saturated carbocycles. The summed E-state index contributed by atoms with van der Waals surface area (Å²) in [5, 5.41) is 0. The molecule has 0 radical (unpaired) electrons. The zero-order chi connectivity index (χ0) is 18.2. The molecule has 0 bridgehead atoms. The van der Waals surface area contributed by atoms with E-state index in [1.54, 1.807) is 0 Å². The summed E-state index contributed by atoms with van der Waals surface area (Å²) < 4.78 is 85.3. The number of hydrogen-bond acceptors (Lipinski definition) is 3. The van der Waals surface area contributed by atoms with Gasteiger partial charge in [-0.2, -0.15) is 26.3 Å². The first kappa shape index (κ1) is 18.3. The highest BCUT2D eigenvalue weighted by Gasteiger charge is 2.74. The van der Waals surface area contributed by atoms with Gasteiger partial charge in [0.15, 0.2) is 0 Å². The van der Waals surface area contributed by atoms with Gasteiger partial charge < -0.3 is 16.2 Å². The van der Waals surface area contributed by atoms with Gasteiger partial charge in [-0.25, -0.2) is 0 Å². The maximum Gasteiger partial charge on any atom is 0.461 e. The molecule has 9 heteroatoms. The average Bonchev–Trinajstić information content (AvgIpc) is 2.49. The second-order valence-electron chi connectivity index (χ2n) is 5.39. The monoisotopic (exact) mass is 352 g/mol. The molecule has 1 aliphatic rings. The summed E-state index contributed by atoms with van der Waals surface area (Å²) in [4.78, 5) is 0. The Morgan fingerprint density at radius 3 is 2.00 bits per heavy atom. The van der Waals surface area contributed by atoms with Crippen molar-refractivity contribution in [3.8, 4) is 0 Å². The minimum atomic E-state index is -6.16. The largest absolute Gasteiger partial charge is 0.461 e. The fourth-order valence-electron chi connectivity index (χ4n) is 2.03. The van der Waals surface area contributed by atoms with E-state index < -0.39 is 34.9 Å². The van der Waals surface area contributed by atoms with Crippen molar-refractivity contribution in [1.82, 2.24) is 0 Å². The molecule has 0 heterocycles. The lowest BCUT2D eigenvalue weighted by molar-refractivity contribution is -0.381. The Balaban J connectivity index is 2.46. The highest BCUT2D eigenvalue weighted by molar-refractivity contribution is 5.28. The van der Waals surface area contributed by atoms with Gasteiger partial charge in [-0.05, 0) is 18.2 Å². The number of halogens is 6. The van der Waals surface area contributed by atoms with Crippen LogP contribution in [0.5, 0.6) is 0 Å². The third-order valence-electron chi connectivity index (χ3n) is 3.38. The van der Waals surface area contributed by atoms with Gasteiger partial charge in [-0.3, -0.25) is 0 Å². The summed E-state index contributed by atoms with van der Waals surface area (Å²) in [6.07, 6.45) is -3.17. The second-order valence-corrected chi connectivity index (χ2v) is 5.39. The van der Waals surface area contributed by atoms with Crippen LogP contribution in [-0.2, 0) is 10.6 Å². The highest BCUT2D eigenvalue weighted by atomic mass is 19.4. The smallest absolute Gasteiger partial charge is 0.449 e. The molecule has 0 amide bonds. The van der Waals surface area contributed by atoms with Crippen molar-refractivity contribution in [1.29, 1.82) is 0 Å². The van der Waals surface area contributed by atoms with Gasteiger partial charge in [0.2, 0.25) is 0 Å². The Kier molecular flexibility index (Phi) is 4.45. The molecule has 0 spiro atoms. The summed E-state index contributed by atoms with van der Waals surface area (Å²) in [6, 6.07) is 5.14. The van der Waals surface area contributed by atoms with Gasteiger partial charge in [-0.1, -0.05) is 30.3 Å². The lowest BCUT2D eigenvalue weighted by atomic mass is 9.98. The molecule has 1 atom stereocenters. The average molecular weight is 352 g/mol. The summed E-state index contributed by atoms with van der Waals surface area (Å²) in [5.74, 6) is -10.8. The van der Waals surface area contributed by atoms with Crippen molar-refractivity contribution in [2.24, 2.45) is 11.5 Å². The van der Waals surface area contributed by atoms with Gasteiger partial charge in [0.1, 0.15) is 5.76 Å². The SMILES string of the molecule is NC1(N)C=CC(OC(F)(c2ccccc2)C(F)(F)C(F)(F)F)=CC1. The van der Waals surface area contributed by atoms with Crippen LogP contribution in [0, 0.1) is 0 Å². The number of benzene rings is 1. The van der Waals surface area contributed by atoms with E-state index >= 15 is 0 Å². The van der Waals surface area contributed by atoms with Crippen LogP contribution in [0.2, 0.25) is 0 Å². The third kappa shape index (κ3) is 3.27. The van der Waals surface area contributed by atoms with Crippen molar-refractivity contribution >= 4 is 0 Å². The van der Waals surface area contributed by atoms with Crippen molar-refractivity contribution in [3.05, 3.63) is 59.9 Å². The quantitative estimate of drug-likeness (QED) is 0.644. The molecule has 0 fully saturated rings. The van der Waals surface area contributed by atoms with Crippen LogP contribution in [0.25, 0.3) is 0 Å². The molecule has 1 aliphatic carbocycles. The maximum atomic E-state index is 14.9. The van der Waals surface area contributed by atoms with Gasteiger partial charge in [0.05, 0.1) is 5.66 Å². The molecule has 2 rings (SSSR count). The van der Waals surface area contributed by atoms with Crippen LogP contribution in [-0.4, -0.2) is 17.8 Å². The summed E-state index contributed by atoms with van der Waals surface area (Å²) in [6.45, 7) is 0. The fraction of sp³-hybridized carbons (Fsp3) is 0.333. The molecule has 0 saturated heterocycles. The standard InChI is InChI=1S/C15H14F6N2O/c16-13(10-4-2-1-3-5-10,14(17,18)15(19,20)21)24-11-6-8-12(22,23)9-7-11/h1-8H,9,22-23H2. The van der Waals surface area contributed by atoms with Crippen molar-refractivity contribution < 1.29 is 31.1 Å². The molecule has 1 aromatic carbocycles. The predicted octanol–water partition coefficient (Wildman–Crippen LogP) is 3.48. The first-order valence-corrected chi connectivity index (χ1v) is 6.74. The molecule has 4 N–H and O–H groups in total. The van der Waals surface area contributed by atoms with E-state index in [2.05, 4.69) is 4.74 Å². The van der Waals surface area contributed by atoms with Crippen molar-refractivity contribution in [2.75, 3.05) is 0 Å². The first-order valence-electron chi connectivity index (χ1n) is 6.74. The molecular formula is C15H14F6N2O. The van der Waals surface area contributed by atoms with Crippen LogP contribution in [0.1, 0.15) is 12.0 Å². The Bertz CT molecular complexity index is 654. The Morgan fingerprint density at radius 1 is 0.958 bits per heavy atom. The Labute approximate surface area is 133 Å². The number of rotatable bonds is 4. The van der Waals surface area contributed by atoms with Gasteiger partial charge in [0, 0.05) is 12.0 Å². The molecule has 0 aliphatic heterocycles. The van der Waals surface area contributed by atoms with E-state index in [-0.39, 0.29) is 6.42 Å². The number of nitrogens with two attached hydrogens (primary N) is 2. The maximum absolute atomic E-state index is 14.9. The highest BCUT2D eigenvalue weighted by Crippen LogP contribution is 2.52. The summed E-state index contributed by atoms with van der Waals surface area (Å²) in [7, 11) is 0. The molecule has 132 valence electrons. The van der Waals surface area contributed by atoms with Crippen LogP contribution < -0.4 is 11.5 Å². The van der Waals surface area contributed by atoms with Crippen molar-refractivity contribution in [3.63, 3.8) is 0 Å². The lowest BCUT2D eigenvalue weighted by Gasteiger charge is -2.36. The van der Waals surface area contributed by atoms with Gasteiger partial charge >= 0.3 is 18.0 Å². The minimum Gasteiger partial charge on any atom is -0.449 e. The van der Waals surface area contributed by atoms with Crippen LogP contribution in [0.15, 0.2) is 54.3 Å². The van der Waals surface area contributed by atoms with Crippen LogP contribution >= 0.6 is 0 Å². The predicted molar refractivity (Wildman–Crippen MR) is 74.3 cm³/mol. The Morgan fingerprint density at radius 2 is 1.54 bits per heavy atom. The number of alkyl halides is 6. The number of hydrogen-bond donors (Lipinski definition) is 2. The van der Waals surface area contributed by atoms with Gasteiger partial charge in [0.25, 0.3) is 0 Å². The third-order valence-corrected chi connectivity index (χ3v) is 3.38. The second kappa shape index (κ2) is 5.82. The van der Waals surface area contributed by atoms with E-state index in [4.69, 9.17) is 11.5 Å². The molecule has 1 unspecified atom stereocenters. The first-order chi connectivity index (χ1) is 10.9.